The smallest absolute Gasteiger partial charge is 0.230 e. The first kappa shape index (κ1) is 14.2. The van der Waals surface area contributed by atoms with Crippen LogP contribution in [0.3, 0.4) is 0 Å². The van der Waals surface area contributed by atoms with Crippen LogP contribution in [0, 0.1) is 12.3 Å². The van der Waals surface area contributed by atoms with Crippen LogP contribution < -0.4 is 0 Å². The van der Waals surface area contributed by atoms with E-state index in [1.807, 2.05) is 6.92 Å². The Labute approximate surface area is 130 Å². The molecular formula is C16H24N4O2. The first-order chi connectivity index (χ1) is 10.6. The number of hydrogen-bond acceptors (Lipinski definition) is 5. The SMILES string of the molecule is Cc1nnc(CN2CCC3(CCC(=O)N(C4CC4)C3)CC2)o1. The lowest BCUT2D eigenvalue weighted by atomic mass is 9.72. The number of aryl methyl sites for hydroxylation is 1. The topological polar surface area (TPSA) is 62.5 Å². The van der Waals surface area contributed by atoms with Crippen molar-refractivity contribution in [2.45, 2.75) is 58.0 Å². The van der Waals surface area contributed by atoms with E-state index >= 15 is 0 Å². The van der Waals surface area contributed by atoms with Gasteiger partial charge in [-0.25, -0.2) is 0 Å². The number of piperidine rings is 2. The molecule has 0 aromatic carbocycles. The van der Waals surface area contributed by atoms with E-state index in [1.165, 1.54) is 25.7 Å². The maximum atomic E-state index is 12.1. The summed E-state index contributed by atoms with van der Waals surface area (Å²) in [5.41, 5.74) is 0.359. The maximum absolute atomic E-state index is 12.1. The molecule has 3 aliphatic rings. The van der Waals surface area contributed by atoms with Gasteiger partial charge in [0.2, 0.25) is 17.7 Å². The molecule has 0 unspecified atom stereocenters. The zero-order valence-electron chi connectivity index (χ0n) is 13.3. The predicted octanol–water partition coefficient (Wildman–Crippen LogP) is 1.75. The Balaban J connectivity index is 1.35. The molecule has 1 aliphatic carbocycles. The Bertz CT molecular complexity index is 558. The predicted molar refractivity (Wildman–Crippen MR) is 79.9 cm³/mol. The zero-order valence-corrected chi connectivity index (χ0v) is 13.3. The summed E-state index contributed by atoms with van der Waals surface area (Å²) >= 11 is 0. The van der Waals surface area contributed by atoms with Crippen LogP contribution in [0.15, 0.2) is 4.42 Å². The third-order valence-electron chi connectivity index (χ3n) is 5.53. The molecule has 6 heteroatoms. The molecule has 6 nitrogen and oxygen atoms in total. The number of likely N-dealkylation sites (tertiary alicyclic amines) is 2. The molecular weight excluding hydrogens is 280 g/mol. The summed E-state index contributed by atoms with van der Waals surface area (Å²) in [5, 5.41) is 7.98. The maximum Gasteiger partial charge on any atom is 0.230 e. The van der Waals surface area contributed by atoms with Crippen LogP contribution in [0.2, 0.25) is 0 Å². The van der Waals surface area contributed by atoms with Gasteiger partial charge in [0.1, 0.15) is 0 Å². The van der Waals surface area contributed by atoms with Crippen molar-refractivity contribution in [3.8, 4) is 0 Å². The van der Waals surface area contributed by atoms with E-state index in [1.54, 1.807) is 0 Å². The van der Waals surface area contributed by atoms with Crippen LogP contribution in [-0.2, 0) is 11.3 Å². The average Bonchev–Trinajstić information content (AvgIpc) is 3.28. The van der Waals surface area contributed by atoms with E-state index in [0.717, 1.165) is 39.0 Å². The summed E-state index contributed by atoms with van der Waals surface area (Å²) in [6.07, 6.45) is 6.60. The molecule has 22 heavy (non-hydrogen) atoms. The van der Waals surface area contributed by atoms with E-state index in [0.29, 0.717) is 29.1 Å². The van der Waals surface area contributed by atoms with E-state index in [-0.39, 0.29) is 0 Å². The first-order valence-corrected chi connectivity index (χ1v) is 8.44. The fourth-order valence-electron chi connectivity index (χ4n) is 3.95. The van der Waals surface area contributed by atoms with Gasteiger partial charge in [0.25, 0.3) is 0 Å². The van der Waals surface area contributed by atoms with Gasteiger partial charge in [-0.2, -0.15) is 0 Å². The number of aromatic nitrogens is 2. The molecule has 0 bridgehead atoms. The summed E-state index contributed by atoms with van der Waals surface area (Å²) in [7, 11) is 0. The minimum Gasteiger partial charge on any atom is -0.424 e. The minimum atomic E-state index is 0.359. The standard InChI is InChI=1S/C16H24N4O2/c1-12-17-18-14(22-12)10-19-8-6-16(7-9-19)5-4-15(21)20(11-16)13-2-3-13/h13H,2-11H2,1H3. The molecule has 2 saturated heterocycles. The van der Waals surface area contributed by atoms with Crippen molar-refractivity contribution in [2.75, 3.05) is 19.6 Å². The van der Waals surface area contributed by atoms with Crippen LogP contribution in [0.5, 0.6) is 0 Å². The third-order valence-corrected chi connectivity index (χ3v) is 5.53. The van der Waals surface area contributed by atoms with Gasteiger partial charge < -0.3 is 9.32 Å². The molecule has 1 saturated carbocycles. The van der Waals surface area contributed by atoms with Gasteiger partial charge in [-0.1, -0.05) is 0 Å². The number of nitrogens with zero attached hydrogens (tertiary/aromatic N) is 4. The van der Waals surface area contributed by atoms with Crippen molar-refractivity contribution in [3.05, 3.63) is 11.8 Å². The van der Waals surface area contributed by atoms with Gasteiger partial charge in [-0.3, -0.25) is 9.69 Å². The average molecular weight is 304 g/mol. The number of carbonyl (C=O) groups excluding carboxylic acids is 1. The molecule has 1 aromatic rings. The van der Waals surface area contributed by atoms with Crippen molar-refractivity contribution in [1.29, 1.82) is 0 Å². The van der Waals surface area contributed by atoms with E-state index in [2.05, 4.69) is 20.0 Å². The highest BCUT2D eigenvalue weighted by atomic mass is 16.4. The zero-order chi connectivity index (χ0) is 15.2. The number of rotatable bonds is 3. The van der Waals surface area contributed by atoms with Crippen molar-refractivity contribution < 1.29 is 9.21 Å². The minimum absolute atomic E-state index is 0.359. The molecule has 3 fully saturated rings. The monoisotopic (exact) mass is 304 g/mol. The van der Waals surface area contributed by atoms with E-state index in [9.17, 15) is 4.79 Å². The molecule has 1 aromatic heterocycles. The van der Waals surface area contributed by atoms with Crippen molar-refractivity contribution >= 4 is 5.91 Å². The summed E-state index contributed by atoms with van der Waals surface area (Å²) in [5.74, 6) is 1.73. The molecule has 0 atom stereocenters. The van der Waals surface area contributed by atoms with Gasteiger partial charge in [0, 0.05) is 25.9 Å². The molecule has 2 aliphatic heterocycles. The van der Waals surface area contributed by atoms with Gasteiger partial charge >= 0.3 is 0 Å². The fraction of sp³-hybridized carbons (Fsp3) is 0.812. The highest BCUT2D eigenvalue weighted by molar-refractivity contribution is 5.77. The lowest BCUT2D eigenvalue weighted by Crippen LogP contribution is -2.52. The lowest BCUT2D eigenvalue weighted by molar-refractivity contribution is -0.139. The molecule has 0 radical (unpaired) electrons. The number of hydrogen-bond donors (Lipinski definition) is 0. The second kappa shape index (κ2) is 5.33. The van der Waals surface area contributed by atoms with Crippen LogP contribution in [-0.4, -0.2) is 51.6 Å². The van der Waals surface area contributed by atoms with Crippen LogP contribution in [0.4, 0.5) is 0 Å². The van der Waals surface area contributed by atoms with Gasteiger partial charge in [0.15, 0.2) is 0 Å². The highest BCUT2D eigenvalue weighted by Gasteiger charge is 2.45. The van der Waals surface area contributed by atoms with Crippen LogP contribution in [0.1, 0.15) is 50.3 Å². The Morgan fingerprint density at radius 2 is 2.00 bits per heavy atom. The third kappa shape index (κ3) is 2.76. The molecule has 4 rings (SSSR count). The molecule has 3 heterocycles. The van der Waals surface area contributed by atoms with Crippen LogP contribution >= 0.6 is 0 Å². The Morgan fingerprint density at radius 1 is 1.23 bits per heavy atom. The second-order valence-corrected chi connectivity index (χ2v) is 7.24. The summed E-state index contributed by atoms with van der Waals surface area (Å²) < 4.78 is 5.48. The highest BCUT2D eigenvalue weighted by Crippen LogP contribution is 2.43. The van der Waals surface area contributed by atoms with Crippen molar-refractivity contribution in [1.82, 2.24) is 20.0 Å². The summed E-state index contributed by atoms with van der Waals surface area (Å²) in [4.78, 5) is 16.7. The molecule has 0 N–H and O–H groups in total. The van der Waals surface area contributed by atoms with Gasteiger partial charge in [-0.15, -0.1) is 10.2 Å². The first-order valence-electron chi connectivity index (χ1n) is 8.44. The number of amides is 1. The quantitative estimate of drug-likeness (QED) is 0.851. The lowest BCUT2D eigenvalue weighted by Gasteiger charge is -2.47. The second-order valence-electron chi connectivity index (χ2n) is 7.24. The number of carbonyl (C=O) groups is 1. The fourth-order valence-corrected chi connectivity index (χ4v) is 3.95. The normalized spacial score (nSPS) is 25.9. The molecule has 1 spiro atoms. The Kier molecular flexibility index (Phi) is 3.44. The summed E-state index contributed by atoms with van der Waals surface area (Å²) in [6, 6.07) is 0.559. The largest absolute Gasteiger partial charge is 0.424 e. The molecule has 1 amide bonds. The Hall–Kier alpha value is -1.43. The van der Waals surface area contributed by atoms with E-state index in [4.69, 9.17) is 4.42 Å². The van der Waals surface area contributed by atoms with Crippen LogP contribution in [0.25, 0.3) is 0 Å². The van der Waals surface area contributed by atoms with E-state index < -0.39 is 0 Å². The van der Waals surface area contributed by atoms with Crippen molar-refractivity contribution in [2.24, 2.45) is 5.41 Å². The summed E-state index contributed by atoms with van der Waals surface area (Å²) in [6.45, 7) is 5.70. The van der Waals surface area contributed by atoms with Gasteiger partial charge in [-0.05, 0) is 50.6 Å². The van der Waals surface area contributed by atoms with Gasteiger partial charge in [0.05, 0.1) is 6.54 Å². The molecule has 120 valence electrons. The van der Waals surface area contributed by atoms with Crippen molar-refractivity contribution in [3.63, 3.8) is 0 Å². The Morgan fingerprint density at radius 3 is 2.64 bits per heavy atom.